The topological polar surface area (TPSA) is 78.0 Å². The third kappa shape index (κ3) is 2.67. The molecule has 5 nitrogen and oxygen atoms in total. The highest BCUT2D eigenvalue weighted by Gasteiger charge is 2.19. The maximum atomic E-state index is 13.9. The number of ketones is 1. The molecule has 0 saturated carbocycles. The highest BCUT2D eigenvalue weighted by molar-refractivity contribution is 6.12. The first-order valence-electron chi connectivity index (χ1n) is 6.90. The van der Waals surface area contributed by atoms with Crippen molar-refractivity contribution < 1.29 is 18.4 Å². The molecule has 0 spiro atoms. The first kappa shape index (κ1) is 15.5. The molecular formula is C17H11F2N3O2. The summed E-state index contributed by atoms with van der Waals surface area (Å²) in [6, 6.07) is 9.02. The normalized spacial score (nSPS) is 10.6. The van der Waals surface area contributed by atoms with Crippen LogP contribution in [0.3, 0.4) is 0 Å². The van der Waals surface area contributed by atoms with Gasteiger partial charge in [0, 0.05) is 17.2 Å². The van der Waals surface area contributed by atoms with E-state index in [0.717, 1.165) is 10.7 Å². The summed E-state index contributed by atoms with van der Waals surface area (Å²) in [7, 11) is 0. The average molecular weight is 327 g/mol. The van der Waals surface area contributed by atoms with E-state index in [1.807, 2.05) is 0 Å². The van der Waals surface area contributed by atoms with Crippen LogP contribution in [0.25, 0.3) is 5.69 Å². The Bertz CT molecular complexity index is 951. The van der Waals surface area contributed by atoms with Crippen LogP contribution in [0.15, 0.2) is 48.7 Å². The Morgan fingerprint density at radius 2 is 1.96 bits per heavy atom. The van der Waals surface area contributed by atoms with Gasteiger partial charge in [0.05, 0.1) is 11.8 Å². The van der Waals surface area contributed by atoms with Crippen molar-refractivity contribution in [3.63, 3.8) is 0 Å². The summed E-state index contributed by atoms with van der Waals surface area (Å²) in [5.74, 6) is -2.12. The first-order chi connectivity index (χ1) is 11.5. The van der Waals surface area contributed by atoms with Crippen molar-refractivity contribution in [2.45, 2.75) is 0 Å². The number of benzene rings is 2. The molecule has 1 aromatic heterocycles. The molecule has 24 heavy (non-hydrogen) atoms. The van der Waals surface area contributed by atoms with Gasteiger partial charge in [-0.2, -0.15) is 5.10 Å². The Hall–Kier alpha value is -3.35. The Morgan fingerprint density at radius 3 is 2.67 bits per heavy atom. The molecule has 0 fully saturated rings. The lowest BCUT2D eigenvalue weighted by molar-refractivity contribution is 0.103. The summed E-state index contributed by atoms with van der Waals surface area (Å²) in [5, 5.41) is 3.90. The standard InChI is InChI=1S/C17H11F2N3O2/c18-12-4-5-15(14(19)7-12)22-17(20)13(8-21-22)16(24)11-3-1-2-10(6-11)9-23/h1-9H,20H2. The SMILES string of the molecule is Nc1c(C(=O)c2cccc(C=O)c2)cnn1-c1ccc(F)cc1F. The third-order valence-corrected chi connectivity index (χ3v) is 3.47. The molecule has 0 unspecified atom stereocenters. The minimum atomic E-state index is -0.855. The Labute approximate surface area is 135 Å². The van der Waals surface area contributed by atoms with Crippen LogP contribution in [0.1, 0.15) is 26.3 Å². The maximum absolute atomic E-state index is 13.9. The van der Waals surface area contributed by atoms with Crippen LogP contribution in [0.5, 0.6) is 0 Å². The summed E-state index contributed by atoms with van der Waals surface area (Å²) < 4.78 is 27.9. The number of anilines is 1. The second-order valence-electron chi connectivity index (χ2n) is 5.02. The second kappa shape index (κ2) is 6.04. The molecule has 0 aliphatic heterocycles. The van der Waals surface area contributed by atoms with Crippen molar-refractivity contribution in [3.05, 3.63) is 77.0 Å². The van der Waals surface area contributed by atoms with E-state index in [1.165, 1.54) is 24.4 Å². The van der Waals surface area contributed by atoms with Gasteiger partial charge < -0.3 is 5.73 Å². The quantitative estimate of drug-likeness (QED) is 0.590. The van der Waals surface area contributed by atoms with Gasteiger partial charge in [0.25, 0.3) is 0 Å². The van der Waals surface area contributed by atoms with Gasteiger partial charge in [-0.05, 0) is 18.2 Å². The van der Waals surface area contributed by atoms with Crippen molar-refractivity contribution >= 4 is 17.9 Å². The number of nitrogen functional groups attached to an aromatic ring is 1. The Kier molecular flexibility index (Phi) is 3.91. The van der Waals surface area contributed by atoms with E-state index in [4.69, 9.17) is 5.73 Å². The van der Waals surface area contributed by atoms with Crippen LogP contribution in [0, 0.1) is 11.6 Å². The molecule has 120 valence electrons. The molecule has 0 atom stereocenters. The van der Waals surface area contributed by atoms with Crippen molar-refractivity contribution in [3.8, 4) is 5.69 Å². The number of aldehydes is 1. The fraction of sp³-hybridized carbons (Fsp3) is 0. The van der Waals surface area contributed by atoms with Crippen molar-refractivity contribution in [1.29, 1.82) is 0 Å². The van der Waals surface area contributed by atoms with Crippen molar-refractivity contribution in [1.82, 2.24) is 9.78 Å². The summed E-state index contributed by atoms with van der Waals surface area (Å²) in [6.07, 6.45) is 1.82. The van der Waals surface area contributed by atoms with Crippen LogP contribution in [-0.2, 0) is 0 Å². The largest absolute Gasteiger partial charge is 0.383 e. The zero-order valence-electron chi connectivity index (χ0n) is 12.2. The van der Waals surface area contributed by atoms with Gasteiger partial charge in [0.1, 0.15) is 23.6 Å². The molecule has 0 amide bonds. The molecule has 2 aromatic carbocycles. The zero-order valence-corrected chi connectivity index (χ0v) is 12.2. The summed E-state index contributed by atoms with van der Waals surface area (Å²) in [5.41, 5.74) is 6.48. The van der Waals surface area contributed by atoms with E-state index in [9.17, 15) is 18.4 Å². The lowest BCUT2D eigenvalue weighted by Crippen LogP contribution is -2.08. The van der Waals surface area contributed by atoms with Crippen LogP contribution in [-0.4, -0.2) is 21.8 Å². The van der Waals surface area contributed by atoms with E-state index >= 15 is 0 Å². The molecule has 0 radical (unpaired) electrons. The van der Waals surface area contributed by atoms with Gasteiger partial charge in [-0.3, -0.25) is 9.59 Å². The van der Waals surface area contributed by atoms with Crippen LogP contribution >= 0.6 is 0 Å². The van der Waals surface area contributed by atoms with Crippen LogP contribution in [0.4, 0.5) is 14.6 Å². The number of nitrogens with two attached hydrogens (primary N) is 1. The van der Waals surface area contributed by atoms with Crippen LogP contribution < -0.4 is 5.73 Å². The van der Waals surface area contributed by atoms with Gasteiger partial charge in [0.15, 0.2) is 11.6 Å². The molecule has 3 aromatic rings. The molecular weight excluding hydrogens is 316 g/mol. The number of hydrogen-bond donors (Lipinski definition) is 1. The highest BCUT2D eigenvalue weighted by Crippen LogP contribution is 2.22. The number of carbonyl (C=O) groups is 2. The molecule has 2 N–H and O–H groups in total. The van der Waals surface area contributed by atoms with E-state index < -0.39 is 17.4 Å². The van der Waals surface area contributed by atoms with Crippen molar-refractivity contribution in [2.24, 2.45) is 0 Å². The van der Waals surface area contributed by atoms with Gasteiger partial charge in [0.2, 0.25) is 0 Å². The molecule has 1 heterocycles. The lowest BCUT2D eigenvalue weighted by Gasteiger charge is -2.06. The molecule has 7 heteroatoms. The predicted molar refractivity (Wildman–Crippen MR) is 83.2 cm³/mol. The first-order valence-corrected chi connectivity index (χ1v) is 6.90. The minimum Gasteiger partial charge on any atom is -0.383 e. The maximum Gasteiger partial charge on any atom is 0.198 e. The monoisotopic (exact) mass is 327 g/mol. The number of halogens is 2. The second-order valence-corrected chi connectivity index (χ2v) is 5.02. The van der Waals surface area contributed by atoms with Gasteiger partial charge in [-0.15, -0.1) is 0 Å². The fourth-order valence-corrected chi connectivity index (χ4v) is 2.29. The fourth-order valence-electron chi connectivity index (χ4n) is 2.29. The molecule has 0 aliphatic rings. The van der Waals surface area contributed by atoms with Crippen molar-refractivity contribution in [2.75, 3.05) is 5.73 Å². The van der Waals surface area contributed by atoms with E-state index in [0.29, 0.717) is 17.9 Å². The Balaban J connectivity index is 2.03. The number of nitrogens with zero attached hydrogens (tertiary/aromatic N) is 2. The smallest absolute Gasteiger partial charge is 0.198 e. The summed E-state index contributed by atoms with van der Waals surface area (Å²) in [4.78, 5) is 23.3. The third-order valence-electron chi connectivity index (χ3n) is 3.47. The average Bonchev–Trinajstić information content (AvgIpc) is 2.95. The van der Waals surface area contributed by atoms with Gasteiger partial charge >= 0.3 is 0 Å². The molecule has 0 bridgehead atoms. The van der Waals surface area contributed by atoms with E-state index in [1.54, 1.807) is 12.1 Å². The highest BCUT2D eigenvalue weighted by atomic mass is 19.1. The zero-order chi connectivity index (χ0) is 17.3. The number of rotatable bonds is 4. The van der Waals surface area contributed by atoms with Crippen LogP contribution in [0.2, 0.25) is 0 Å². The number of aromatic nitrogens is 2. The van der Waals surface area contributed by atoms with E-state index in [-0.39, 0.29) is 22.6 Å². The molecule has 0 saturated heterocycles. The predicted octanol–water partition coefficient (Wildman–Crippen LogP) is 2.78. The van der Waals surface area contributed by atoms with Gasteiger partial charge in [-0.1, -0.05) is 18.2 Å². The Morgan fingerprint density at radius 1 is 1.17 bits per heavy atom. The molecule has 3 rings (SSSR count). The summed E-state index contributed by atoms with van der Waals surface area (Å²) in [6.45, 7) is 0. The number of carbonyl (C=O) groups excluding carboxylic acids is 2. The molecule has 0 aliphatic carbocycles. The minimum absolute atomic E-state index is 0.0572. The summed E-state index contributed by atoms with van der Waals surface area (Å²) >= 11 is 0. The lowest BCUT2D eigenvalue weighted by atomic mass is 10.0. The van der Waals surface area contributed by atoms with E-state index in [2.05, 4.69) is 5.10 Å². The number of hydrogen-bond acceptors (Lipinski definition) is 4. The van der Waals surface area contributed by atoms with Gasteiger partial charge in [-0.25, -0.2) is 13.5 Å².